The van der Waals surface area contributed by atoms with Crippen LogP contribution in [0.1, 0.15) is 17.9 Å². The Morgan fingerprint density at radius 1 is 1.42 bits per heavy atom. The van der Waals surface area contributed by atoms with Crippen molar-refractivity contribution in [3.05, 3.63) is 41.5 Å². The number of carbonyl (C=O) groups is 1. The third kappa shape index (κ3) is 5.12. The maximum absolute atomic E-state index is 12.0. The molecule has 2 aromatic heterocycles. The molecule has 2 aromatic rings. The van der Waals surface area contributed by atoms with E-state index in [4.69, 9.17) is 8.83 Å². The van der Waals surface area contributed by atoms with E-state index >= 15 is 0 Å². The predicted molar refractivity (Wildman–Crippen MR) is 95.7 cm³/mol. The summed E-state index contributed by atoms with van der Waals surface area (Å²) in [6, 6.07) is 3.55. The first-order valence-electron chi connectivity index (χ1n) is 7.38. The van der Waals surface area contributed by atoms with Gasteiger partial charge in [-0.2, -0.15) is 0 Å². The Labute approximate surface area is 152 Å². The SMILES string of the molecule is Cc1oc(-c2ccco2)nc1CC(=O)NCC1=CCNCC1.Cl.Cl. The van der Waals surface area contributed by atoms with Crippen LogP contribution in [0.15, 0.2) is 38.9 Å². The summed E-state index contributed by atoms with van der Waals surface area (Å²) in [6.07, 6.45) is 4.88. The zero-order valence-corrected chi connectivity index (χ0v) is 15.0. The van der Waals surface area contributed by atoms with Gasteiger partial charge < -0.3 is 19.5 Å². The van der Waals surface area contributed by atoms with Gasteiger partial charge in [0.25, 0.3) is 5.89 Å². The molecule has 0 saturated carbocycles. The highest BCUT2D eigenvalue weighted by Crippen LogP contribution is 2.22. The number of nitrogens with zero attached hydrogens (tertiary/aromatic N) is 1. The van der Waals surface area contributed by atoms with Gasteiger partial charge in [-0.25, -0.2) is 4.98 Å². The van der Waals surface area contributed by atoms with E-state index in [9.17, 15) is 4.79 Å². The van der Waals surface area contributed by atoms with Gasteiger partial charge in [-0.3, -0.25) is 4.79 Å². The fourth-order valence-electron chi connectivity index (χ4n) is 2.35. The fraction of sp³-hybridized carbons (Fsp3) is 0.375. The molecule has 2 N–H and O–H groups in total. The van der Waals surface area contributed by atoms with E-state index in [1.807, 2.05) is 0 Å². The van der Waals surface area contributed by atoms with Gasteiger partial charge in [-0.15, -0.1) is 24.8 Å². The maximum atomic E-state index is 12.0. The van der Waals surface area contributed by atoms with Crippen molar-refractivity contribution in [1.82, 2.24) is 15.6 Å². The second-order valence-electron chi connectivity index (χ2n) is 5.27. The molecule has 132 valence electrons. The number of carbonyl (C=O) groups excluding carboxylic acids is 1. The second kappa shape index (κ2) is 9.52. The van der Waals surface area contributed by atoms with Crippen molar-refractivity contribution in [3.63, 3.8) is 0 Å². The first-order chi connectivity index (χ1) is 10.7. The van der Waals surface area contributed by atoms with Gasteiger partial charge in [-0.1, -0.05) is 11.6 Å². The lowest BCUT2D eigenvalue weighted by Crippen LogP contribution is -2.30. The molecule has 3 heterocycles. The van der Waals surface area contributed by atoms with Crippen LogP contribution >= 0.6 is 24.8 Å². The van der Waals surface area contributed by atoms with Crippen molar-refractivity contribution in [1.29, 1.82) is 0 Å². The Bertz CT molecular complexity index is 681. The van der Waals surface area contributed by atoms with Gasteiger partial charge in [0.2, 0.25) is 5.91 Å². The summed E-state index contributed by atoms with van der Waals surface area (Å²) in [5.41, 5.74) is 1.91. The lowest BCUT2D eigenvalue weighted by atomic mass is 10.1. The summed E-state index contributed by atoms with van der Waals surface area (Å²) in [4.78, 5) is 16.4. The Balaban J connectivity index is 0.00000144. The van der Waals surface area contributed by atoms with E-state index in [0.29, 0.717) is 29.6 Å². The third-order valence-corrected chi connectivity index (χ3v) is 3.62. The van der Waals surface area contributed by atoms with Crippen molar-refractivity contribution < 1.29 is 13.6 Å². The van der Waals surface area contributed by atoms with Gasteiger partial charge in [0.05, 0.1) is 18.4 Å². The molecule has 0 fully saturated rings. The van der Waals surface area contributed by atoms with E-state index < -0.39 is 0 Å². The fourth-order valence-corrected chi connectivity index (χ4v) is 2.35. The number of halogens is 2. The molecule has 0 bridgehead atoms. The molecular weight excluding hydrogens is 353 g/mol. The summed E-state index contributed by atoms with van der Waals surface area (Å²) in [6.45, 7) is 4.25. The van der Waals surface area contributed by atoms with Crippen molar-refractivity contribution in [2.24, 2.45) is 0 Å². The van der Waals surface area contributed by atoms with Crippen molar-refractivity contribution in [3.8, 4) is 11.7 Å². The zero-order chi connectivity index (χ0) is 15.4. The standard InChI is InChI=1S/C16H19N3O3.2ClH/c1-11-13(19-16(22-11)14-3-2-8-21-14)9-15(20)18-10-12-4-6-17-7-5-12;;/h2-4,8,17H,5-7,9-10H2,1H3,(H,18,20);2*1H. The van der Waals surface area contributed by atoms with Crippen LogP contribution < -0.4 is 10.6 Å². The molecular formula is C16H21Cl2N3O3. The third-order valence-electron chi connectivity index (χ3n) is 3.62. The minimum absolute atomic E-state index is 0. The molecule has 0 unspecified atom stereocenters. The van der Waals surface area contributed by atoms with Crippen LogP contribution in [-0.2, 0) is 11.2 Å². The molecule has 0 saturated heterocycles. The Kier molecular flexibility index (Phi) is 8.04. The second-order valence-corrected chi connectivity index (χ2v) is 5.27. The Morgan fingerprint density at radius 3 is 2.92 bits per heavy atom. The van der Waals surface area contributed by atoms with Crippen LogP contribution in [0.3, 0.4) is 0 Å². The summed E-state index contributed by atoms with van der Waals surface area (Å²) < 4.78 is 10.8. The number of aryl methyl sites for hydroxylation is 1. The molecule has 1 aliphatic heterocycles. The topological polar surface area (TPSA) is 80.3 Å². The molecule has 1 aliphatic rings. The van der Waals surface area contributed by atoms with Gasteiger partial charge in [0, 0.05) is 13.1 Å². The Hall–Kier alpha value is -1.76. The number of aromatic nitrogens is 1. The minimum Gasteiger partial charge on any atom is -0.459 e. The number of rotatable bonds is 5. The van der Waals surface area contributed by atoms with E-state index in [1.165, 1.54) is 5.57 Å². The number of oxazole rings is 1. The molecule has 8 heteroatoms. The van der Waals surface area contributed by atoms with Crippen LogP contribution in [0.2, 0.25) is 0 Å². The quantitative estimate of drug-likeness (QED) is 0.787. The van der Waals surface area contributed by atoms with Gasteiger partial charge >= 0.3 is 0 Å². The molecule has 0 aliphatic carbocycles. The number of furan rings is 1. The first-order valence-corrected chi connectivity index (χ1v) is 7.38. The average molecular weight is 374 g/mol. The van der Waals surface area contributed by atoms with E-state index in [1.54, 1.807) is 25.3 Å². The predicted octanol–water partition coefficient (Wildman–Crippen LogP) is 2.67. The molecule has 3 rings (SSSR count). The van der Waals surface area contributed by atoms with E-state index in [-0.39, 0.29) is 37.1 Å². The number of amides is 1. The molecule has 0 spiro atoms. The molecule has 0 radical (unpaired) electrons. The monoisotopic (exact) mass is 373 g/mol. The zero-order valence-electron chi connectivity index (χ0n) is 13.3. The maximum Gasteiger partial charge on any atom is 0.263 e. The van der Waals surface area contributed by atoms with Crippen LogP contribution in [0, 0.1) is 6.92 Å². The molecule has 1 amide bonds. The molecule has 24 heavy (non-hydrogen) atoms. The summed E-state index contributed by atoms with van der Waals surface area (Å²) in [7, 11) is 0. The van der Waals surface area contributed by atoms with E-state index in [2.05, 4.69) is 21.7 Å². The van der Waals surface area contributed by atoms with Crippen LogP contribution in [0.25, 0.3) is 11.7 Å². The van der Waals surface area contributed by atoms with Crippen LogP contribution in [0.5, 0.6) is 0 Å². The lowest BCUT2D eigenvalue weighted by molar-refractivity contribution is -0.120. The minimum atomic E-state index is -0.0539. The highest BCUT2D eigenvalue weighted by Gasteiger charge is 2.16. The first kappa shape index (κ1) is 20.3. The lowest BCUT2D eigenvalue weighted by Gasteiger charge is -2.14. The van der Waals surface area contributed by atoms with Crippen LogP contribution in [-0.4, -0.2) is 30.5 Å². The number of hydrogen-bond acceptors (Lipinski definition) is 5. The van der Waals surface area contributed by atoms with Crippen molar-refractivity contribution in [2.75, 3.05) is 19.6 Å². The van der Waals surface area contributed by atoms with E-state index in [0.717, 1.165) is 19.5 Å². The highest BCUT2D eigenvalue weighted by molar-refractivity contribution is 5.85. The van der Waals surface area contributed by atoms with Crippen molar-refractivity contribution in [2.45, 2.75) is 19.8 Å². The number of hydrogen-bond donors (Lipinski definition) is 2. The summed E-state index contributed by atoms with van der Waals surface area (Å²) >= 11 is 0. The smallest absolute Gasteiger partial charge is 0.263 e. The number of nitrogens with one attached hydrogen (secondary N) is 2. The van der Waals surface area contributed by atoms with Gasteiger partial charge in [0.15, 0.2) is 5.76 Å². The van der Waals surface area contributed by atoms with Gasteiger partial charge in [-0.05, 0) is 32.0 Å². The average Bonchev–Trinajstić information content (AvgIpc) is 3.17. The normalized spacial score (nSPS) is 13.5. The van der Waals surface area contributed by atoms with Crippen LogP contribution in [0.4, 0.5) is 0 Å². The Morgan fingerprint density at radius 2 is 2.25 bits per heavy atom. The van der Waals surface area contributed by atoms with Crippen molar-refractivity contribution >= 4 is 30.7 Å². The molecule has 0 atom stereocenters. The summed E-state index contributed by atoms with van der Waals surface area (Å²) in [5, 5.41) is 6.18. The largest absolute Gasteiger partial charge is 0.459 e. The molecule has 0 aromatic carbocycles. The molecule has 6 nitrogen and oxygen atoms in total. The summed E-state index contributed by atoms with van der Waals surface area (Å²) in [5.74, 6) is 1.56. The highest BCUT2D eigenvalue weighted by atomic mass is 35.5. The van der Waals surface area contributed by atoms with Gasteiger partial charge in [0.1, 0.15) is 5.76 Å².